The maximum atomic E-state index is 11.8. The Morgan fingerprint density at radius 2 is 2.00 bits per heavy atom. The first-order valence-corrected chi connectivity index (χ1v) is 6.06. The lowest BCUT2D eigenvalue weighted by Gasteiger charge is -2.35. The van der Waals surface area contributed by atoms with Crippen LogP contribution < -0.4 is 11.3 Å². The Balaban J connectivity index is 2.44. The fourth-order valence-electron chi connectivity index (χ4n) is 1.90. The van der Waals surface area contributed by atoms with E-state index in [1.54, 1.807) is 4.90 Å². The summed E-state index contributed by atoms with van der Waals surface area (Å²) in [6, 6.07) is 0.0339. The first-order chi connectivity index (χ1) is 8.47. The Kier molecular flexibility index (Phi) is 5.08. The predicted octanol–water partition coefficient (Wildman–Crippen LogP) is -1.16. The lowest BCUT2D eigenvalue weighted by atomic mass is 10.2. The second-order valence-corrected chi connectivity index (χ2v) is 4.56. The molecule has 0 aromatic carbocycles. The van der Waals surface area contributed by atoms with Gasteiger partial charge in [0, 0.05) is 32.1 Å². The van der Waals surface area contributed by atoms with Crippen LogP contribution >= 0.6 is 0 Å². The second-order valence-electron chi connectivity index (χ2n) is 4.56. The van der Waals surface area contributed by atoms with Crippen molar-refractivity contribution in [1.29, 1.82) is 0 Å². The zero-order chi connectivity index (χ0) is 13.7. The Morgan fingerprint density at radius 1 is 1.33 bits per heavy atom. The van der Waals surface area contributed by atoms with Gasteiger partial charge in [0.15, 0.2) is 0 Å². The predicted molar refractivity (Wildman–Crippen MR) is 65.0 cm³/mol. The number of nitrogens with zero attached hydrogens (tertiary/aromatic N) is 2. The van der Waals surface area contributed by atoms with Gasteiger partial charge in [-0.25, -0.2) is 5.84 Å². The maximum Gasteiger partial charge on any atom is 0.312 e. The number of amides is 3. The van der Waals surface area contributed by atoms with E-state index in [2.05, 4.69) is 0 Å². The summed E-state index contributed by atoms with van der Waals surface area (Å²) in [6.45, 7) is 5.24. The third-order valence-corrected chi connectivity index (χ3v) is 2.96. The summed E-state index contributed by atoms with van der Waals surface area (Å²) in [5, 5.41) is 0. The molecule has 7 nitrogen and oxygen atoms in total. The number of hydrogen-bond donors (Lipinski definition) is 2. The molecule has 102 valence electrons. The van der Waals surface area contributed by atoms with Crippen LogP contribution in [0.3, 0.4) is 0 Å². The summed E-state index contributed by atoms with van der Waals surface area (Å²) in [5.74, 6) is 3.74. The quantitative estimate of drug-likeness (QED) is 0.280. The van der Waals surface area contributed by atoms with Gasteiger partial charge >= 0.3 is 11.8 Å². The zero-order valence-corrected chi connectivity index (χ0v) is 10.8. The van der Waals surface area contributed by atoms with E-state index < -0.39 is 11.8 Å². The molecule has 3 N–H and O–H groups in total. The Labute approximate surface area is 106 Å². The minimum Gasteiger partial charge on any atom is -0.333 e. The highest BCUT2D eigenvalue weighted by atomic mass is 16.2. The summed E-state index contributed by atoms with van der Waals surface area (Å²) in [6.07, 6.45) is 0.756. The van der Waals surface area contributed by atoms with Gasteiger partial charge in [-0.1, -0.05) is 0 Å². The average molecular weight is 256 g/mol. The van der Waals surface area contributed by atoms with Crippen molar-refractivity contribution < 1.29 is 14.4 Å². The van der Waals surface area contributed by atoms with Crippen LogP contribution in [0.1, 0.15) is 26.7 Å². The van der Waals surface area contributed by atoms with Gasteiger partial charge in [-0.2, -0.15) is 0 Å². The number of nitrogens with one attached hydrogen (secondary N) is 1. The average Bonchev–Trinajstić information content (AvgIpc) is 2.33. The number of piperazine rings is 1. The number of hydrazine groups is 1. The maximum absolute atomic E-state index is 11.8. The van der Waals surface area contributed by atoms with Crippen LogP contribution in [0.25, 0.3) is 0 Å². The van der Waals surface area contributed by atoms with Crippen LogP contribution in [0, 0.1) is 0 Å². The molecule has 0 radical (unpaired) electrons. The number of carbonyl (C=O) groups is 3. The molecule has 1 fully saturated rings. The highest BCUT2D eigenvalue weighted by Gasteiger charge is 2.33. The molecule has 1 aliphatic heterocycles. The van der Waals surface area contributed by atoms with Crippen LogP contribution in [0.4, 0.5) is 0 Å². The van der Waals surface area contributed by atoms with E-state index in [9.17, 15) is 14.4 Å². The Morgan fingerprint density at radius 3 is 2.56 bits per heavy atom. The smallest absolute Gasteiger partial charge is 0.312 e. The molecular formula is C11H20N4O3. The summed E-state index contributed by atoms with van der Waals surface area (Å²) < 4.78 is 0. The highest BCUT2D eigenvalue weighted by molar-refractivity contribution is 6.35. The molecule has 0 unspecified atom stereocenters. The molecule has 1 aliphatic rings. The van der Waals surface area contributed by atoms with Gasteiger partial charge in [-0.3, -0.25) is 19.8 Å². The largest absolute Gasteiger partial charge is 0.333 e. The molecule has 1 heterocycles. The standard InChI is InChI=1S/C11H20N4O3/c1-8(2)15-7-6-14(10(17)11(15)18)5-3-4-9(16)13-12/h8H,3-7,12H2,1-2H3,(H,13,16). The molecule has 0 saturated carbocycles. The van der Waals surface area contributed by atoms with Crippen molar-refractivity contribution in [2.24, 2.45) is 5.84 Å². The highest BCUT2D eigenvalue weighted by Crippen LogP contribution is 2.09. The van der Waals surface area contributed by atoms with Crippen LogP contribution in [0.5, 0.6) is 0 Å². The molecule has 1 rings (SSSR count). The number of rotatable bonds is 5. The fourth-order valence-corrected chi connectivity index (χ4v) is 1.90. The van der Waals surface area contributed by atoms with Gasteiger partial charge in [0.25, 0.3) is 0 Å². The zero-order valence-electron chi connectivity index (χ0n) is 10.8. The minimum atomic E-state index is -0.483. The first-order valence-electron chi connectivity index (χ1n) is 6.06. The second kappa shape index (κ2) is 6.34. The lowest BCUT2D eigenvalue weighted by Crippen LogP contribution is -2.56. The van der Waals surface area contributed by atoms with Crippen molar-refractivity contribution in [2.75, 3.05) is 19.6 Å². The molecule has 7 heteroatoms. The van der Waals surface area contributed by atoms with Crippen LogP contribution in [0.2, 0.25) is 0 Å². The van der Waals surface area contributed by atoms with E-state index in [0.29, 0.717) is 26.1 Å². The Bertz CT molecular complexity index is 343. The van der Waals surface area contributed by atoms with E-state index >= 15 is 0 Å². The van der Waals surface area contributed by atoms with Gasteiger partial charge in [0.1, 0.15) is 0 Å². The SMILES string of the molecule is CC(C)N1CCN(CCCC(=O)NN)C(=O)C1=O. The van der Waals surface area contributed by atoms with Crippen molar-refractivity contribution in [3.63, 3.8) is 0 Å². The van der Waals surface area contributed by atoms with E-state index in [0.717, 1.165) is 0 Å². The summed E-state index contributed by atoms with van der Waals surface area (Å²) in [7, 11) is 0. The first kappa shape index (κ1) is 14.4. The van der Waals surface area contributed by atoms with E-state index in [1.165, 1.54) is 4.90 Å². The van der Waals surface area contributed by atoms with E-state index in [4.69, 9.17) is 5.84 Å². The molecule has 0 atom stereocenters. The van der Waals surface area contributed by atoms with Gasteiger partial charge in [-0.05, 0) is 20.3 Å². The molecule has 0 bridgehead atoms. The summed E-state index contributed by atoms with van der Waals surface area (Å²) in [4.78, 5) is 37.5. The van der Waals surface area contributed by atoms with Crippen LogP contribution in [-0.4, -0.2) is 53.2 Å². The molecule has 3 amide bonds. The van der Waals surface area contributed by atoms with Crippen LogP contribution in [0.15, 0.2) is 0 Å². The summed E-state index contributed by atoms with van der Waals surface area (Å²) in [5.41, 5.74) is 2.03. The van der Waals surface area contributed by atoms with E-state index in [-0.39, 0.29) is 18.4 Å². The van der Waals surface area contributed by atoms with Gasteiger partial charge in [0.2, 0.25) is 5.91 Å². The molecule has 0 aromatic heterocycles. The lowest BCUT2D eigenvalue weighted by molar-refractivity contribution is -0.157. The number of carbonyl (C=O) groups excluding carboxylic acids is 3. The third kappa shape index (κ3) is 3.43. The monoisotopic (exact) mass is 256 g/mol. The number of hydrogen-bond acceptors (Lipinski definition) is 4. The topological polar surface area (TPSA) is 95.7 Å². The molecule has 1 saturated heterocycles. The van der Waals surface area contributed by atoms with Crippen molar-refractivity contribution in [2.45, 2.75) is 32.7 Å². The van der Waals surface area contributed by atoms with Gasteiger partial charge in [0.05, 0.1) is 0 Å². The van der Waals surface area contributed by atoms with Gasteiger partial charge in [-0.15, -0.1) is 0 Å². The molecule has 18 heavy (non-hydrogen) atoms. The molecule has 0 aromatic rings. The van der Waals surface area contributed by atoms with Crippen molar-refractivity contribution in [3.05, 3.63) is 0 Å². The molecule has 0 spiro atoms. The molecular weight excluding hydrogens is 236 g/mol. The fraction of sp³-hybridized carbons (Fsp3) is 0.727. The van der Waals surface area contributed by atoms with Crippen molar-refractivity contribution in [1.82, 2.24) is 15.2 Å². The van der Waals surface area contributed by atoms with Crippen molar-refractivity contribution in [3.8, 4) is 0 Å². The van der Waals surface area contributed by atoms with Crippen molar-refractivity contribution >= 4 is 17.7 Å². The summed E-state index contributed by atoms with van der Waals surface area (Å²) >= 11 is 0. The third-order valence-electron chi connectivity index (χ3n) is 2.96. The van der Waals surface area contributed by atoms with E-state index in [1.807, 2.05) is 19.3 Å². The minimum absolute atomic E-state index is 0.0339. The molecule has 0 aliphatic carbocycles. The Hall–Kier alpha value is -1.63. The van der Waals surface area contributed by atoms with Crippen LogP contribution in [-0.2, 0) is 14.4 Å². The number of nitrogens with two attached hydrogens (primary N) is 1. The van der Waals surface area contributed by atoms with Gasteiger partial charge < -0.3 is 9.80 Å². The normalized spacial score (nSPS) is 16.4.